The number of aliphatic hydroxyl groups is 1. The summed E-state index contributed by atoms with van der Waals surface area (Å²) in [6.45, 7) is 4.74. The van der Waals surface area contributed by atoms with Gasteiger partial charge in [0.25, 0.3) is 5.91 Å². The maximum atomic E-state index is 14.2. The molecule has 4 N–H and O–H groups in total. The van der Waals surface area contributed by atoms with Gasteiger partial charge in [-0.3, -0.25) is 4.79 Å². The molecule has 2 aromatic rings. The Bertz CT molecular complexity index is 1060. The molecule has 0 fully saturated rings. The summed E-state index contributed by atoms with van der Waals surface area (Å²) in [6.07, 6.45) is -6.09. The number of phenolic OH excluding ortho intramolecular Hbond substituents is 1. The van der Waals surface area contributed by atoms with Crippen molar-refractivity contribution in [2.75, 3.05) is 5.32 Å². The smallest absolute Gasteiger partial charge is 0.419 e. The number of aromatic hydroxyl groups is 1. The molecule has 3 rings (SSSR count). The van der Waals surface area contributed by atoms with Crippen LogP contribution in [0.4, 0.5) is 23.2 Å². The molecule has 0 aliphatic carbocycles. The van der Waals surface area contributed by atoms with Crippen LogP contribution in [0.25, 0.3) is 0 Å². The van der Waals surface area contributed by atoms with Gasteiger partial charge < -0.3 is 20.8 Å². The van der Waals surface area contributed by atoms with Crippen LogP contribution in [0, 0.1) is 5.82 Å². The normalized spacial score (nSPS) is 16.3. The molecule has 1 unspecified atom stereocenters. The Labute approximate surface area is 180 Å². The van der Waals surface area contributed by atoms with Gasteiger partial charge in [-0.15, -0.1) is 6.58 Å². The van der Waals surface area contributed by atoms with E-state index < -0.39 is 41.7 Å². The van der Waals surface area contributed by atoms with E-state index in [-0.39, 0.29) is 39.5 Å². The SMILES string of the molecule is C=C(C)C[C@@](O)(C(Nc1cc(F)cc2c1CNC2=O)c1cc(Cl)ccc1O)C(F)(F)F. The third-order valence-electron chi connectivity index (χ3n) is 5.03. The number of halogens is 5. The van der Waals surface area contributed by atoms with Crippen LogP contribution in [0.2, 0.25) is 5.02 Å². The summed E-state index contributed by atoms with van der Waals surface area (Å²) in [5.74, 6) is -2.00. The highest BCUT2D eigenvalue weighted by Gasteiger charge is 2.59. The average Bonchev–Trinajstić information content (AvgIpc) is 3.01. The maximum Gasteiger partial charge on any atom is 0.419 e. The van der Waals surface area contributed by atoms with Crippen molar-refractivity contribution in [1.29, 1.82) is 0 Å². The number of carbonyl (C=O) groups excluding carboxylic acids is 1. The average molecular weight is 459 g/mol. The number of hydrogen-bond acceptors (Lipinski definition) is 4. The van der Waals surface area contributed by atoms with Crippen molar-refractivity contribution in [2.24, 2.45) is 0 Å². The minimum absolute atomic E-state index is 0.0146. The third kappa shape index (κ3) is 4.33. The number of anilines is 1. The molecule has 0 bridgehead atoms. The number of nitrogens with one attached hydrogen (secondary N) is 2. The molecular weight excluding hydrogens is 440 g/mol. The molecule has 1 amide bonds. The summed E-state index contributed by atoms with van der Waals surface area (Å²) < 4.78 is 56.6. The summed E-state index contributed by atoms with van der Waals surface area (Å²) in [7, 11) is 0. The lowest BCUT2D eigenvalue weighted by molar-refractivity contribution is -0.266. The molecule has 2 atom stereocenters. The first-order chi connectivity index (χ1) is 14.3. The van der Waals surface area contributed by atoms with Gasteiger partial charge in [-0.05, 0) is 37.3 Å². The highest BCUT2D eigenvalue weighted by Crippen LogP contribution is 2.48. The lowest BCUT2D eigenvalue weighted by atomic mass is 9.82. The molecule has 166 valence electrons. The fourth-order valence-electron chi connectivity index (χ4n) is 3.61. The fraction of sp³-hybridized carbons (Fsp3) is 0.286. The van der Waals surface area contributed by atoms with E-state index >= 15 is 0 Å². The highest BCUT2D eigenvalue weighted by molar-refractivity contribution is 6.30. The van der Waals surface area contributed by atoms with Gasteiger partial charge in [0.05, 0.1) is 6.04 Å². The number of benzene rings is 2. The van der Waals surface area contributed by atoms with Gasteiger partial charge in [0.2, 0.25) is 0 Å². The van der Waals surface area contributed by atoms with E-state index in [0.29, 0.717) is 0 Å². The third-order valence-corrected chi connectivity index (χ3v) is 5.26. The number of alkyl halides is 3. The van der Waals surface area contributed by atoms with Crippen LogP contribution in [0.5, 0.6) is 5.75 Å². The van der Waals surface area contributed by atoms with Gasteiger partial charge >= 0.3 is 6.18 Å². The van der Waals surface area contributed by atoms with Crippen molar-refractivity contribution in [1.82, 2.24) is 5.32 Å². The summed E-state index contributed by atoms with van der Waals surface area (Å²) in [4.78, 5) is 11.9. The number of amides is 1. The molecule has 1 aliphatic heterocycles. The summed E-state index contributed by atoms with van der Waals surface area (Å²) in [5, 5.41) is 26.2. The molecule has 0 saturated carbocycles. The Morgan fingerprint density at radius 2 is 2.00 bits per heavy atom. The topological polar surface area (TPSA) is 81.6 Å². The lowest BCUT2D eigenvalue weighted by Crippen LogP contribution is -2.52. The first-order valence-electron chi connectivity index (χ1n) is 9.12. The second kappa shape index (κ2) is 8.05. The molecule has 0 aromatic heterocycles. The van der Waals surface area contributed by atoms with E-state index in [4.69, 9.17) is 11.6 Å². The summed E-state index contributed by atoms with van der Waals surface area (Å²) in [6, 6.07) is 3.32. The predicted molar refractivity (Wildman–Crippen MR) is 107 cm³/mol. The van der Waals surface area contributed by atoms with Crippen molar-refractivity contribution < 1.29 is 32.6 Å². The number of carbonyl (C=O) groups is 1. The highest BCUT2D eigenvalue weighted by atomic mass is 35.5. The van der Waals surface area contributed by atoms with Gasteiger partial charge in [0, 0.05) is 40.4 Å². The van der Waals surface area contributed by atoms with E-state index in [1.54, 1.807) is 0 Å². The van der Waals surface area contributed by atoms with E-state index in [0.717, 1.165) is 24.3 Å². The fourth-order valence-corrected chi connectivity index (χ4v) is 3.80. The van der Waals surface area contributed by atoms with E-state index in [2.05, 4.69) is 17.2 Å². The van der Waals surface area contributed by atoms with Crippen molar-refractivity contribution in [2.45, 2.75) is 37.7 Å². The molecule has 1 heterocycles. The first-order valence-corrected chi connectivity index (χ1v) is 9.50. The molecule has 5 nitrogen and oxygen atoms in total. The van der Waals surface area contributed by atoms with Gasteiger partial charge in [0.15, 0.2) is 5.60 Å². The van der Waals surface area contributed by atoms with Gasteiger partial charge in [-0.2, -0.15) is 13.2 Å². The zero-order valence-corrected chi connectivity index (χ0v) is 17.0. The summed E-state index contributed by atoms with van der Waals surface area (Å²) >= 11 is 5.94. The minimum Gasteiger partial charge on any atom is -0.508 e. The van der Waals surface area contributed by atoms with Crippen molar-refractivity contribution in [3.05, 3.63) is 70.0 Å². The number of phenols is 1. The Hall–Kier alpha value is -2.78. The Morgan fingerprint density at radius 1 is 1.32 bits per heavy atom. The van der Waals surface area contributed by atoms with E-state index in [9.17, 15) is 32.6 Å². The molecule has 0 saturated heterocycles. The summed E-state index contributed by atoms with van der Waals surface area (Å²) in [5.41, 5.74) is -3.72. The van der Waals surface area contributed by atoms with Crippen molar-refractivity contribution >= 4 is 23.2 Å². The molecule has 2 aromatic carbocycles. The van der Waals surface area contributed by atoms with E-state index in [1.807, 2.05) is 0 Å². The minimum atomic E-state index is -5.18. The first kappa shape index (κ1) is 22.9. The van der Waals surface area contributed by atoms with E-state index in [1.165, 1.54) is 13.0 Å². The number of hydrogen-bond donors (Lipinski definition) is 4. The monoisotopic (exact) mass is 458 g/mol. The second-order valence-electron chi connectivity index (χ2n) is 7.50. The van der Waals surface area contributed by atoms with Gasteiger partial charge in [0.1, 0.15) is 11.6 Å². The molecule has 10 heteroatoms. The quantitative estimate of drug-likeness (QED) is 0.369. The number of rotatable bonds is 6. The van der Waals surface area contributed by atoms with Crippen LogP contribution in [0.1, 0.15) is 40.9 Å². The Balaban J connectivity index is 2.23. The zero-order chi connectivity index (χ0) is 23.1. The van der Waals surface area contributed by atoms with Crippen LogP contribution < -0.4 is 10.6 Å². The molecule has 1 aliphatic rings. The van der Waals surface area contributed by atoms with Gasteiger partial charge in [-0.1, -0.05) is 17.2 Å². The van der Waals surface area contributed by atoms with Gasteiger partial charge in [-0.25, -0.2) is 4.39 Å². The standard InChI is InChI=1S/C21H19ClF4N2O3/c1-10(2)8-20(31,21(24,25)26)18(14-5-11(22)3-4-17(14)29)28-16-7-12(23)6-13-15(16)9-27-19(13)30/h3-7,18,28-29,31H,1,8-9H2,2H3,(H,27,30)/t18?,20-/m1/s1. The Morgan fingerprint density at radius 3 is 2.61 bits per heavy atom. The lowest BCUT2D eigenvalue weighted by Gasteiger charge is -2.39. The second-order valence-corrected chi connectivity index (χ2v) is 7.93. The predicted octanol–water partition coefficient (Wildman–Crippen LogP) is 4.84. The van der Waals surface area contributed by atoms with Crippen LogP contribution in [-0.4, -0.2) is 27.9 Å². The molecular formula is C21H19ClF4N2O3. The van der Waals surface area contributed by atoms with Crippen molar-refractivity contribution in [3.8, 4) is 5.75 Å². The van der Waals surface area contributed by atoms with Crippen molar-refractivity contribution in [3.63, 3.8) is 0 Å². The maximum absolute atomic E-state index is 14.2. The number of fused-ring (bicyclic) bond motifs is 1. The van der Waals surface area contributed by atoms with Crippen LogP contribution in [0.3, 0.4) is 0 Å². The molecule has 0 radical (unpaired) electrons. The Kier molecular flexibility index (Phi) is 5.94. The van der Waals surface area contributed by atoms with Crippen LogP contribution in [-0.2, 0) is 6.54 Å². The largest absolute Gasteiger partial charge is 0.508 e. The molecule has 31 heavy (non-hydrogen) atoms. The van der Waals surface area contributed by atoms with Crippen LogP contribution in [0.15, 0.2) is 42.5 Å². The van der Waals surface area contributed by atoms with Crippen LogP contribution >= 0.6 is 11.6 Å². The zero-order valence-electron chi connectivity index (χ0n) is 16.3. The molecule has 0 spiro atoms.